The van der Waals surface area contributed by atoms with Crippen LogP contribution >= 0.6 is 11.3 Å². The van der Waals surface area contributed by atoms with Crippen LogP contribution in [0.4, 0.5) is 4.39 Å². The first-order chi connectivity index (χ1) is 14.7. The summed E-state index contributed by atoms with van der Waals surface area (Å²) in [4.78, 5) is 21.8. The lowest BCUT2D eigenvalue weighted by atomic mass is 9.97. The van der Waals surface area contributed by atoms with Crippen molar-refractivity contribution in [2.75, 3.05) is 13.1 Å². The van der Waals surface area contributed by atoms with E-state index < -0.39 is 0 Å². The van der Waals surface area contributed by atoms with Crippen molar-refractivity contribution in [1.29, 1.82) is 0 Å². The highest BCUT2D eigenvalue weighted by atomic mass is 32.1. The van der Waals surface area contributed by atoms with Gasteiger partial charge in [0.1, 0.15) is 5.82 Å². The zero-order valence-corrected chi connectivity index (χ0v) is 17.6. The first kappa shape index (κ1) is 19.4. The van der Waals surface area contributed by atoms with E-state index in [0.717, 1.165) is 37.1 Å². The molecule has 0 spiro atoms. The number of halogens is 1. The Morgan fingerprint density at radius 2 is 2.07 bits per heavy atom. The lowest BCUT2D eigenvalue weighted by molar-refractivity contribution is 0.0700. The van der Waals surface area contributed by atoms with Gasteiger partial charge in [0.15, 0.2) is 0 Å². The molecule has 0 bridgehead atoms. The van der Waals surface area contributed by atoms with E-state index in [2.05, 4.69) is 16.2 Å². The zero-order chi connectivity index (χ0) is 20.5. The van der Waals surface area contributed by atoms with Gasteiger partial charge in [-0.2, -0.15) is 4.98 Å². The summed E-state index contributed by atoms with van der Waals surface area (Å²) in [5.41, 5.74) is 1.96. The molecule has 1 saturated heterocycles. The second kappa shape index (κ2) is 8.30. The first-order valence-corrected chi connectivity index (χ1v) is 11.5. The number of thiophene rings is 1. The molecule has 30 heavy (non-hydrogen) atoms. The molecule has 0 saturated carbocycles. The Bertz CT molecular complexity index is 1040. The van der Waals surface area contributed by atoms with Gasteiger partial charge >= 0.3 is 0 Å². The molecule has 1 aliphatic carbocycles. The third-order valence-electron chi connectivity index (χ3n) is 6.04. The van der Waals surface area contributed by atoms with Gasteiger partial charge in [0.2, 0.25) is 11.7 Å². The fourth-order valence-electron chi connectivity index (χ4n) is 4.44. The number of fused-ring (bicyclic) bond motifs is 1. The Labute approximate surface area is 178 Å². The standard InChI is InChI=1S/C23H24FN3O2S/c24-18-9-4-7-16(12-18)21-25-22(29-26-21)17-8-5-11-27(14-17)23(28)20-13-15-6-2-1-3-10-19(15)30-20/h4,7,9,12-13,17H,1-3,5-6,8,10-11,14H2. The normalized spacial score (nSPS) is 19.4. The topological polar surface area (TPSA) is 59.2 Å². The first-order valence-electron chi connectivity index (χ1n) is 10.7. The van der Waals surface area contributed by atoms with Crippen molar-refractivity contribution in [3.8, 4) is 11.4 Å². The quantitative estimate of drug-likeness (QED) is 0.540. The molecule has 1 unspecified atom stereocenters. The maximum atomic E-state index is 13.5. The van der Waals surface area contributed by atoms with E-state index in [-0.39, 0.29) is 17.6 Å². The molecule has 5 rings (SSSR count). The maximum Gasteiger partial charge on any atom is 0.263 e. The monoisotopic (exact) mass is 425 g/mol. The molecule has 156 valence electrons. The zero-order valence-electron chi connectivity index (χ0n) is 16.8. The second-order valence-corrected chi connectivity index (χ2v) is 9.31. The Balaban J connectivity index is 1.31. The van der Waals surface area contributed by atoms with E-state index in [4.69, 9.17) is 4.52 Å². The summed E-state index contributed by atoms with van der Waals surface area (Å²) in [7, 11) is 0. The summed E-state index contributed by atoms with van der Waals surface area (Å²) >= 11 is 1.67. The van der Waals surface area contributed by atoms with Gasteiger partial charge in [0.05, 0.1) is 10.8 Å². The van der Waals surface area contributed by atoms with Crippen LogP contribution in [0, 0.1) is 5.82 Å². The summed E-state index contributed by atoms with van der Waals surface area (Å²) in [5.74, 6) is 0.698. The molecule has 2 aliphatic rings. The van der Waals surface area contributed by atoms with E-state index in [1.54, 1.807) is 23.5 Å². The maximum absolute atomic E-state index is 13.5. The van der Waals surface area contributed by atoms with Gasteiger partial charge in [-0.3, -0.25) is 4.79 Å². The lowest BCUT2D eigenvalue weighted by Gasteiger charge is -2.30. The minimum atomic E-state index is -0.331. The van der Waals surface area contributed by atoms with Gasteiger partial charge < -0.3 is 9.42 Å². The van der Waals surface area contributed by atoms with E-state index in [9.17, 15) is 9.18 Å². The molecule has 3 aromatic rings. The number of carbonyl (C=O) groups excluding carboxylic acids is 1. The molecule has 1 atom stereocenters. The van der Waals surface area contributed by atoms with E-state index in [0.29, 0.717) is 23.8 Å². The number of aryl methyl sites for hydroxylation is 2. The molecule has 0 radical (unpaired) electrons. The number of hydrogen-bond donors (Lipinski definition) is 0. The number of piperidine rings is 1. The van der Waals surface area contributed by atoms with E-state index >= 15 is 0 Å². The SMILES string of the molecule is O=C(c1cc2c(s1)CCCCC2)N1CCCC(c2nc(-c3cccc(F)c3)no2)C1. The number of hydrogen-bond acceptors (Lipinski definition) is 5. The van der Waals surface area contributed by atoms with Crippen molar-refractivity contribution >= 4 is 17.2 Å². The third-order valence-corrected chi connectivity index (χ3v) is 7.26. The molecule has 1 amide bonds. The predicted molar refractivity (Wildman–Crippen MR) is 113 cm³/mol. The van der Waals surface area contributed by atoms with Crippen molar-refractivity contribution in [3.63, 3.8) is 0 Å². The van der Waals surface area contributed by atoms with E-state index in [1.165, 1.54) is 41.8 Å². The van der Waals surface area contributed by atoms with Crippen LogP contribution in [0.15, 0.2) is 34.9 Å². The van der Waals surface area contributed by atoms with Crippen LogP contribution in [0.3, 0.4) is 0 Å². The molecular formula is C23H24FN3O2S. The summed E-state index contributed by atoms with van der Waals surface area (Å²) in [5, 5.41) is 4.03. The summed E-state index contributed by atoms with van der Waals surface area (Å²) < 4.78 is 19.0. The number of nitrogens with zero attached hydrogens (tertiary/aromatic N) is 3. The van der Waals surface area contributed by atoms with Crippen LogP contribution in [0.1, 0.15) is 64.0 Å². The highest BCUT2D eigenvalue weighted by Crippen LogP contribution is 2.32. The summed E-state index contributed by atoms with van der Waals surface area (Å²) in [6.45, 7) is 1.33. The van der Waals surface area contributed by atoms with Crippen LogP contribution in [0.25, 0.3) is 11.4 Å². The largest absolute Gasteiger partial charge is 0.339 e. The van der Waals surface area contributed by atoms with Crippen LogP contribution in [-0.2, 0) is 12.8 Å². The molecule has 2 aromatic heterocycles. The molecular weight excluding hydrogens is 401 g/mol. The highest BCUT2D eigenvalue weighted by molar-refractivity contribution is 7.14. The van der Waals surface area contributed by atoms with E-state index in [1.807, 2.05) is 4.90 Å². The number of rotatable bonds is 3. The molecule has 7 heteroatoms. The number of aromatic nitrogens is 2. The van der Waals surface area contributed by atoms with Crippen molar-refractivity contribution < 1.29 is 13.7 Å². The predicted octanol–water partition coefficient (Wildman–Crippen LogP) is 5.23. The van der Waals surface area contributed by atoms with Gasteiger partial charge in [-0.15, -0.1) is 11.3 Å². The minimum Gasteiger partial charge on any atom is -0.339 e. The average Bonchev–Trinajstić information content (AvgIpc) is 3.36. The Hall–Kier alpha value is -2.54. The molecule has 0 N–H and O–H groups in total. The van der Waals surface area contributed by atoms with Gasteiger partial charge in [-0.05, 0) is 62.3 Å². The summed E-state index contributed by atoms with van der Waals surface area (Å²) in [6.07, 6.45) is 7.70. The second-order valence-electron chi connectivity index (χ2n) is 8.18. The van der Waals surface area contributed by atoms with Crippen molar-refractivity contribution in [2.24, 2.45) is 0 Å². The average molecular weight is 426 g/mol. The van der Waals surface area contributed by atoms with Crippen molar-refractivity contribution in [2.45, 2.75) is 50.9 Å². The molecule has 1 fully saturated rings. The Kier molecular flexibility index (Phi) is 5.37. The third kappa shape index (κ3) is 3.90. The fraction of sp³-hybridized carbons (Fsp3) is 0.435. The van der Waals surface area contributed by atoms with Crippen LogP contribution in [-0.4, -0.2) is 34.0 Å². The van der Waals surface area contributed by atoms with Crippen LogP contribution < -0.4 is 0 Å². The van der Waals surface area contributed by atoms with Crippen LogP contribution in [0.2, 0.25) is 0 Å². The van der Waals surface area contributed by atoms with Gasteiger partial charge in [0, 0.05) is 23.5 Å². The fourth-order valence-corrected chi connectivity index (χ4v) is 5.66. The Morgan fingerprint density at radius 1 is 1.17 bits per heavy atom. The summed E-state index contributed by atoms with van der Waals surface area (Å²) in [6, 6.07) is 8.29. The highest BCUT2D eigenvalue weighted by Gasteiger charge is 2.30. The number of carbonyl (C=O) groups is 1. The molecule has 5 nitrogen and oxygen atoms in total. The number of likely N-dealkylation sites (tertiary alicyclic amines) is 1. The van der Waals surface area contributed by atoms with Crippen molar-refractivity contribution in [3.05, 3.63) is 57.4 Å². The van der Waals surface area contributed by atoms with Gasteiger partial charge in [0.25, 0.3) is 5.91 Å². The minimum absolute atomic E-state index is 0.00953. The van der Waals surface area contributed by atoms with Gasteiger partial charge in [-0.1, -0.05) is 23.7 Å². The number of amides is 1. The van der Waals surface area contributed by atoms with Crippen molar-refractivity contribution in [1.82, 2.24) is 15.0 Å². The van der Waals surface area contributed by atoms with Crippen LogP contribution in [0.5, 0.6) is 0 Å². The Morgan fingerprint density at radius 3 is 2.97 bits per heavy atom. The van der Waals surface area contributed by atoms with Gasteiger partial charge in [-0.25, -0.2) is 4.39 Å². The lowest BCUT2D eigenvalue weighted by Crippen LogP contribution is -2.38. The smallest absolute Gasteiger partial charge is 0.263 e. The molecule has 1 aliphatic heterocycles. The molecule has 1 aromatic carbocycles. The number of benzene rings is 1. The molecule has 3 heterocycles.